The Morgan fingerprint density at radius 3 is 2.31 bits per heavy atom. The van der Waals surface area contributed by atoms with Crippen LogP contribution in [0, 0.1) is 5.92 Å². The van der Waals surface area contributed by atoms with Gasteiger partial charge in [-0.05, 0) is 106 Å². The third kappa shape index (κ3) is 3.28. The van der Waals surface area contributed by atoms with Crippen LogP contribution in [-0.4, -0.2) is 0 Å². The maximum absolute atomic E-state index is 6.28. The number of hydrogen-bond donors (Lipinski definition) is 0. The van der Waals surface area contributed by atoms with Crippen LogP contribution < -0.4 is 4.74 Å². The van der Waals surface area contributed by atoms with Crippen molar-refractivity contribution >= 4 is 15.9 Å². The van der Waals surface area contributed by atoms with Crippen molar-refractivity contribution in [2.24, 2.45) is 5.92 Å². The van der Waals surface area contributed by atoms with E-state index in [1.165, 1.54) is 50.9 Å². The summed E-state index contributed by atoms with van der Waals surface area (Å²) in [5.41, 5.74) is 10.4. The number of fused-ring (bicyclic) bond motifs is 4. The number of ether oxygens (including phenoxy) is 1. The standard InChI is InChI=1S/C34H27BrO/c1-22-6-11-25(12-7-22)34(32-5-3-2-4-30(32)31-19-15-27(35)21-33(31)34)26-13-17-28(18-14-26)36-29-16-10-23-8-9-24(23)20-29/h2-6,10-22H,7-9H2,1H3. The number of hydrogen-bond acceptors (Lipinski definition) is 1. The molecule has 2 heteroatoms. The predicted molar refractivity (Wildman–Crippen MR) is 151 cm³/mol. The summed E-state index contributed by atoms with van der Waals surface area (Å²) in [6.45, 7) is 2.28. The Morgan fingerprint density at radius 1 is 0.778 bits per heavy atom. The van der Waals surface area contributed by atoms with Crippen LogP contribution in [0.2, 0.25) is 0 Å². The number of rotatable bonds is 4. The molecule has 4 aromatic carbocycles. The zero-order valence-electron chi connectivity index (χ0n) is 20.3. The minimum absolute atomic E-state index is 0.361. The van der Waals surface area contributed by atoms with Gasteiger partial charge in [0, 0.05) is 4.47 Å². The summed E-state index contributed by atoms with van der Waals surface area (Å²) in [4.78, 5) is 0. The maximum atomic E-state index is 6.28. The van der Waals surface area contributed by atoms with Crippen LogP contribution in [0.5, 0.6) is 11.5 Å². The van der Waals surface area contributed by atoms with Crippen molar-refractivity contribution in [1.29, 1.82) is 0 Å². The van der Waals surface area contributed by atoms with Crippen LogP contribution in [0.25, 0.3) is 11.1 Å². The molecule has 0 bridgehead atoms. The molecule has 2 unspecified atom stereocenters. The van der Waals surface area contributed by atoms with Gasteiger partial charge in [0.15, 0.2) is 0 Å². The topological polar surface area (TPSA) is 9.23 Å². The number of benzene rings is 4. The van der Waals surface area contributed by atoms with Gasteiger partial charge in [-0.25, -0.2) is 0 Å². The highest BCUT2D eigenvalue weighted by molar-refractivity contribution is 9.10. The lowest BCUT2D eigenvalue weighted by Gasteiger charge is -2.36. The fourth-order valence-electron chi connectivity index (χ4n) is 6.19. The third-order valence-electron chi connectivity index (χ3n) is 8.12. The first-order valence-electron chi connectivity index (χ1n) is 12.8. The zero-order chi connectivity index (χ0) is 24.3. The molecule has 0 saturated heterocycles. The first-order valence-corrected chi connectivity index (χ1v) is 13.6. The Kier molecular flexibility index (Phi) is 5.08. The van der Waals surface area contributed by atoms with E-state index in [0.717, 1.165) is 28.8 Å². The van der Waals surface area contributed by atoms with Gasteiger partial charge in [0.2, 0.25) is 0 Å². The van der Waals surface area contributed by atoms with Gasteiger partial charge in [-0.1, -0.05) is 89.6 Å². The lowest BCUT2D eigenvalue weighted by atomic mass is 9.66. The van der Waals surface area contributed by atoms with Crippen molar-refractivity contribution in [3.8, 4) is 22.6 Å². The molecule has 0 heterocycles. The van der Waals surface area contributed by atoms with Gasteiger partial charge in [0.25, 0.3) is 0 Å². The zero-order valence-corrected chi connectivity index (χ0v) is 21.9. The van der Waals surface area contributed by atoms with Gasteiger partial charge < -0.3 is 4.74 Å². The van der Waals surface area contributed by atoms with E-state index < -0.39 is 0 Å². The molecular weight excluding hydrogens is 504 g/mol. The molecule has 0 saturated carbocycles. The number of allylic oxidation sites excluding steroid dienone is 4. The van der Waals surface area contributed by atoms with E-state index in [9.17, 15) is 0 Å². The van der Waals surface area contributed by atoms with E-state index in [2.05, 4.69) is 126 Å². The Labute approximate surface area is 221 Å². The molecule has 0 aromatic heterocycles. The van der Waals surface area contributed by atoms with Crippen LogP contribution in [0.3, 0.4) is 0 Å². The SMILES string of the molecule is CC1C=CC(C2(c3ccc(Oc4ccc5c(c4)CC5)cc3)c3ccccc3-c3ccc(Br)cc32)=CC1. The van der Waals surface area contributed by atoms with Gasteiger partial charge in [-0.15, -0.1) is 0 Å². The van der Waals surface area contributed by atoms with Crippen molar-refractivity contribution in [2.45, 2.75) is 31.6 Å². The van der Waals surface area contributed by atoms with Gasteiger partial charge in [0.1, 0.15) is 11.5 Å². The summed E-state index contributed by atoms with van der Waals surface area (Å²) in [6, 6.07) is 30.9. The average molecular weight is 531 g/mol. The monoisotopic (exact) mass is 530 g/mol. The van der Waals surface area contributed by atoms with E-state index in [1.807, 2.05) is 0 Å². The summed E-state index contributed by atoms with van der Waals surface area (Å²) in [5, 5.41) is 0. The van der Waals surface area contributed by atoms with Crippen LogP contribution in [0.4, 0.5) is 0 Å². The summed E-state index contributed by atoms with van der Waals surface area (Å²) in [6.07, 6.45) is 10.6. The van der Waals surface area contributed by atoms with E-state index in [-0.39, 0.29) is 5.41 Å². The molecule has 7 rings (SSSR count). The lowest BCUT2D eigenvalue weighted by Crippen LogP contribution is -2.30. The van der Waals surface area contributed by atoms with Gasteiger partial charge in [-0.3, -0.25) is 0 Å². The highest BCUT2D eigenvalue weighted by atomic mass is 79.9. The molecule has 0 radical (unpaired) electrons. The second kappa shape index (κ2) is 8.35. The van der Waals surface area contributed by atoms with Crippen molar-refractivity contribution in [3.63, 3.8) is 0 Å². The summed E-state index contributed by atoms with van der Waals surface area (Å²) >= 11 is 3.77. The van der Waals surface area contributed by atoms with Gasteiger partial charge in [-0.2, -0.15) is 0 Å². The van der Waals surface area contributed by atoms with E-state index >= 15 is 0 Å². The Bertz CT molecular complexity index is 1560. The molecule has 3 aliphatic rings. The summed E-state index contributed by atoms with van der Waals surface area (Å²) < 4.78 is 7.38. The average Bonchev–Trinajstić information content (AvgIpc) is 3.17. The van der Waals surface area contributed by atoms with E-state index in [0.29, 0.717) is 5.92 Å². The predicted octanol–water partition coefficient (Wildman–Crippen LogP) is 9.18. The summed E-state index contributed by atoms with van der Waals surface area (Å²) in [5.74, 6) is 2.35. The van der Waals surface area contributed by atoms with E-state index in [4.69, 9.17) is 4.74 Å². The van der Waals surface area contributed by atoms with Crippen molar-refractivity contribution in [1.82, 2.24) is 0 Å². The van der Waals surface area contributed by atoms with Crippen LogP contribution in [0.1, 0.15) is 41.2 Å². The molecule has 36 heavy (non-hydrogen) atoms. The first-order chi connectivity index (χ1) is 17.6. The molecule has 0 amide bonds. The summed E-state index contributed by atoms with van der Waals surface area (Å²) in [7, 11) is 0. The minimum atomic E-state index is -0.361. The highest BCUT2D eigenvalue weighted by Crippen LogP contribution is 2.57. The molecule has 0 fully saturated rings. The number of aryl methyl sites for hydroxylation is 2. The Morgan fingerprint density at radius 2 is 1.56 bits per heavy atom. The fourth-order valence-corrected chi connectivity index (χ4v) is 6.55. The first kappa shape index (κ1) is 21.9. The minimum Gasteiger partial charge on any atom is -0.457 e. The molecule has 0 spiro atoms. The molecule has 0 aliphatic heterocycles. The molecule has 4 aromatic rings. The fraction of sp³-hybridized carbons (Fsp3) is 0.176. The largest absolute Gasteiger partial charge is 0.457 e. The maximum Gasteiger partial charge on any atom is 0.127 e. The normalized spacial score (nSPS) is 21.2. The molecular formula is C34H27BrO. The molecule has 2 atom stereocenters. The van der Waals surface area contributed by atoms with E-state index in [1.54, 1.807) is 0 Å². The van der Waals surface area contributed by atoms with Crippen LogP contribution in [-0.2, 0) is 18.3 Å². The quantitative estimate of drug-likeness (QED) is 0.255. The van der Waals surface area contributed by atoms with Crippen molar-refractivity contribution < 1.29 is 4.74 Å². The molecule has 1 nitrogen and oxygen atoms in total. The van der Waals surface area contributed by atoms with Gasteiger partial charge >= 0.3 is 0 Å². The third-order valence-corrected chi connectivity index (χ3v) is 8.61. The molecule has 3 aliphatic carbocycles. The van der Waals surface area contributed by atoms with Crippen LogP contribution in [0.15, 0.2) is 113 Å². The Hall–Kier alpha value is -3.36. The lowest BCUT2D eigenvalue weighted by molar-refractivity contribution is 0.480. The van der Waals surface area contributed by atoms with Gasteiger partial charge in [0.05, 0.1) is 5.41 Å². The molecule has 176 valence electrons. The van der Waals surface area contributed by atoms with Crippen LogP contribution >= 0.6 is 15.9 Å². The highest BCUT2D eigenvalue weighted by Gasteiger charge is 2.47. The second-order valence-corrected chi connectivity index (χ2v) is 11.2. The Balaban J connectivity index is 1.38. The van der Waals surface area contributed by atoms with Crippen molar-refractivity contribution in [2.75, 3.05) is 0 Å². The van der Waals surface area contributed by atoms with Crippen molar-refractivity contribution in [3.05, 3.63) is 141 Å². The molecule has 0 N–H and O–H groups in total. The second-order valence-electron chi connectivity index (χ2n) is 10.3. The number of halogens is 1. The smallest absolute Gasteiger partial charge is 0.127 e.